The Morgan fingerprint density at radius 3 is 1.84 bits per heavy atom. The second-order valence-electron chi connectivity index (χ2n) is 9.79. The minimum Gasteiger partial charge on any atom is -0.456 e. The van der Waals surface area contributed by atoms with Crippen LogP contribution in [0, 0.1) is 5.82 Å². The number of furan rings is 1. The Bertz CT molecular complexity index is 2200. The molecule has 0 N–H and O–H groups in total. The summed E-state index contributed by atoms with van der Waals surface area (Å²) in [6.45, 7) is 0. The molecule has 0 spiro atoms. The molecule has 2 heteroatoms. The van der Waals surface area contributed by atoms with Crippen LogP contribution in [0.1, 0.15) is 0 Å². The van der Waals surface area contributed by atoms with Gasteiger partial charge in [-0.15, -0.1) is 0 Å². The quantitative estimate of drug-likeness (QED) is 0.221. The number of para-hydroxylation sites is 1. The fourth-order valence-corrected chi connectivity index (χ4v) is 6.16. The van der Waals surface area contributed by atoms with Crippen molar-refractivity contribution in [3.05, 3.63) is 133 Å². The van der Waals surface area contributed by atoms with Crippen LogP contribution in [-0.4, -0.2) is 0 Å². The lowest BCUT2D eigenvalue weighted by Crippen LogP contribution is -1.93. The third-order valence-corrected chi connectivity index (χ3v) is 7.72. The van der Waals surface area contributed by atoms with Crippen molar-refractivity contribution in [1.29, 1.82) is 0 Å². The maximum absolute atomic E-state index is 15.0. The highest BCUT2D eigenvalue weighted by Gasteiger charge is 2.21. The van der Waals surface area contributed by atoms with Crippen molar-refractivity contribution >= 4 is 54.3 Å². The normalized spacial score (nSPS) is 11.8. The molecule has 8 rings (SSSR count). The molecule has 0 radical (unpaired) electrons. The van der Waals surface area contributed by atoms with E-state index in [1.165, 1.54) is 0 Å². The number of hydrogen-bond acceptors (Lipinski definition) is 1. The molecule has 0 aliphatic heterocycles. The van der Waals surface area contributed by atoms with Crippen LogP contribution in [0.4, 0.5) is 4.39 Å². The lowest BCUT2D eigenvalue weighted by atomic mass is 9.84. The van der Waals surface area contributed by atoms with Gasteiger partial charge in [-0.1, -0.05) is 103 Å². The van der Waals surface area contributed by atoms with Gasteiger partial charge in [0.1, 0.15) is 17.0 Å². The highest BCUT2D eigenvalue weighted by Crippen LogP contribution is 2.47. The molecule has 1 heterocycles. The fraction of sp³-hybridized carbons (Fsp3) is 0. The van der Waals surface area contributed by atoms with Crippen LogP contribution in [-0.2, 0) is 0 Å². The average molecular weight is 489 g/mol. The number of benzene rings is 7. The van der Waals surface area contributed by atoms with Crippen LogP contribution in [0.5, 0.6) is 0 Å². The van der Waals surface area contributed by atoms with Crippen molar-refractivity contribution in [2.24, 2.45) is 0 Å². The summed E-state index contributed by atoms with van der Waals surface area (Å²) in [6, 6.07) is 42.8. The first-order valence-electron chi connectivity index (χ1n) is 12.8. The predicted octanol–water partition coefficient (Wildman–Crippen LogP) is 10.5. The summed E-state index contributed by atoms with van der Waals surface area (Å²) in [5.41, 5.74) is 6.05. The van der Waals surface area contributed by atoms with Gasteiger partial charge in [0.05, 0.1) is 0 Å². The van der Waals surface area contributed by atoms with Crippen molar-refractivity contribution in [3.63, 3.8) is 0 Å². The third-order valence-electron chi connectivity index (χ3n) is 7.72. The topological polar surface area (TPSA) is 13.1 Å². The van der Waals surface area contributed by atoms with E-state index >= 15 is 0 Å². The molecule has 178 valence electrons. The van der Waals surface area contributed by atoms with Crippen molar-refractivity contribution in [3.8, 4) is 22.3 Å². The summed E-state index contributed by atoms with van der Waals surface area (Å²) in [6.07, 6.45) is 0. The monoisotopic (exact) mass is 488 g/mol. The zero-order chi connectivity index (χ0) is 25.2. The summed E-state index contributed by atoms with van der Waals surface area (Å²) in [5, 5.41) is 8.63. The first-order chi connectivity index (χ1) is 18.8. The summed E-state index contributed by atoms with van der Waals surface area (Å²) >= 11 is 0. The minimum atomic E-state index is -0.243. The van der Waals surface area contributed by atoms with Gasteiger partial charge in [-0.25, -0.2) is 4.39 Å². The Morgan fingerprint density at radius 1 is 0.421 bits per heavy atom. The van der Waals surface area contributed by atoms with E-state index in [1.807, 2.05) is 36.4 Å². The van der Waals surface area contributed by atoms with Crippen molar-refractivity contribution in [1.82, 2.24) is 0 Å². The zero-order valence-corrected chi connectivity index (χ0v) is 20.4. The molecule has 0 unspecified atom stereocenters. The van der Waals surface area contributed by atoms with E-state index in [2.05, 4.69) is 78.9 Å². The molecular formula is C36H21FO. The van der Waals surface area contributed by atoms with E-state index < -0.39 is 0 Å². The van der Waals surface area contributed by atoms with Gasteiger partial charge in [0.25, 0.3) is 0 Å². The third kappa shape index (κ3) is 2.98. The van der Waals surface area contributed by atoms with E-state index in [4.69, 9.17) is 4.42 Å². The summed E-state index contributed by atoms with van der Waals surface area (Å²) in [5.74, 6) is -0.243. The molecular weight excluding hydrogens is 467 g/mol. The van der Waals surface area contributed by atoms with Crippen LogP contribution in [0.2, 0.25) is 0 Å². The molecule has 0 saturated heterocycles. The molecule has 0 amide bonds. The van der Waals surface area contributed by atoms with Crippen LogP contribution in [0.15, 0.2) is 132 Å². The molecule has 0 aliphatic carbocycles. The summed E-state index contributed by atoms with van der Waals surface area (Å²) < 4.78 is 21.2. The van der Waals surface area contributed by atoms with Gasteiger partial charge in [-0.3, -0.25) is 0 Å². The number of fused-ring (bicyclic) bond motifs is 6. The Kier molecular flexibility index (Phi) is 4.47. The second kappa shape index (κ2) is 8.03. The number of halogens is 1. The van der Waals surface area contributed by atoms with Gasteiger partial charge in [-0.05, 0) is 78.8 Å². The van der Waals surface area contributed by atoms with Gasteiger partial charge in [0, 0.05) is 10.8 Å². The number of rotatable bonds is 2. The zero-order valence-electron chi connectivity index (χ0n) is 20.4. The maximum Gasteiger partial charge on any atom is 0.136 e. The molecule has 8 aromatic rings. The van der Waals surface area contributed by atoms with Gasteiger partial charge in [0.2, 0.25) is 0 Å². The highest BCUT2D eigenvalue weighted by atomic mass is 19.1. The molecule has 0 aliphatic rings. The Balaban J connectivity index is 1.60. The van der Waals surface area contributed by atoms with Gasteiger partial charge in [0.15, 0.2) is 0 Å². The molecule has 7 aromatic carbocycles. The highest BCUT2D eigenvalue weighted by molar-refractivity contribution is 6.26. The van der Waals surface area contributed by atoms with E-state index in [-0.39, 0.29) is 5.82 Å². The van der Waals surface area contributed by atoms with E-state index in [9.17, 15) is 4.39 Å². The molecule has 38 heavy (non-hydrogen) atoms. The fourth-order valence-electron chi connectivity index (χ4n) is 6.16. The van der Waals surface area contributed by atoms with Crippen molar-refractivity contribution < 1.29 is 8.81 Å². The van der Waals surface area contributed by atoms with Gasteiger partial charge >= 0.3 is 0 Å². The van der Waals surface area contributed by atoms with Gasteiger partial charge < -0.3 is 4.42 Å². The molecule has 1 nitrogen and oxygen atoms in total. The molecule has 1 aromatic heterocycles. The molecule has 0 atom stereocenters. The van der Waals surface area contributed by atoms with E-state index in [0.29, 0.717) is 0 Å². The SMILES string of the molecule is Fc1ccc2c(-c3cccc4oc5ccccc5c34)c3ccccc3c(-c3cccc4ccccc34)c2c1. The van der Waals surface area contributed by atoms with Crippen LogP contribution in [0.3, 0.4) is 0 Å². The smallest absolute Gasteiger partial charge is 0.136 e. The van der Waals surface area contributed by atoms with Crippen LogP contribution in [0.25, 0.3) is 76.5 Å². The lowest BCUT2D eigenvalue weighted by molar-refractivity contribution is 0.630. The standard InChI is InChI=1S/C36H21FO/c37-23-19-20-28-31(21-23)35(25-15-7-10-22-9-1-2-11-24(22)25)27-13-4-3-12-26(27)34(28)30-16-8-18-33-36(30)29-14-5-6-17-32(29)38-33/h1-21H. The number of hydrogen-bond donors (Lipinski definition) is 0. The summed E-state index contributed by atoms with van der Waals surface area (Å²) in [4.78, 5) is 0. The van der Waals surface area contributed by atoms with Crippen LogP contribution >= 0.6 is 0 Å². The Hall–Kier alpha value is -4.95. The van der Waals surface area contributed by atoms with Crippen molar-refractivity contribution in [2.75, 3.05) is 0 Å². The first kappa shape index (κ1) is 21.2. The van der Waals surface area contributed by atoms with Crippen LogP contribution < -0.4 is 0 Å². The minimum absolute atomic E-state index is 0.243. The maximum atomic E-state index is 15.0. The average Bonchev–Trinajstić information content (AvgIpc) is 3.35. The lowest BCUT2D eigenvalue weighted by Gasteiger charge is -2.19. The van der Waals surface area contributed by atoms with E-state index in [0.717, 1.165) is 76.5 Å². The Labute approximate surface area is 218 Å². The second-order valence-corrected chi connectivity index (χ2v) is 9.79. The van der Waals surface area contributed by atoms with Gasteiger partial charge in [-0.2, -0.15) is 0 Å². The molecule has 0 saturated carbocycles. The molecule has 0 fully saturated rings. The first-order valence-corrected chi connectivity index (χ1v) is 12.8. The summed E-state index contributed by atoms with van der Waals surface area (Å²) in [7, 11) is 0. The Morgan fingerprint density at radius 2 is 1.00 bits per heavy atom. The predicted molar refractivity (Wildman–Crippen MR) is 157 cm³/mol. The largest absolute Gasteiger partial charge is 0.456 e. The van der Waals surface area contributed by atoms with E-state index in [1.54, 1.807) is 12.1 Å². The van der Waals surface area contributed by atoms with Crippen molar-refractivity contribution in [2.45, 2.75) is 0 Å². The molecule has 0 bridgehead atoms.